The minimum absolute atomic E-state index is 0.146. The predicted octanol–water partition coefficient (Wildman–Crippen LogP) is 2.25. The van der Waals surface area contributed by atoms with Crippen LogP contribution in [0.5, 0.6) is 5.75 Å². The fourth-order valence-corrected chi connectivity index (χ4v) is 2.46. The molecule has 1 aromatic heterocycles. The van der Waals surface area contributed by atoms with Crippen LogP contribution < -0.4 is 15.6 Å². The zero-order chi connectivity index (χ0) is 18.9. The number of carbonyl (C=O) groups excluding carboxylic acids is 1. The summed E-state index contributed by atoms with van der Waals surface area (Å²) in [5, 5.41) is 2.88. The number of benzene rings is 1. The van der Waals surface area contributed by atoms with Gasteiger partial charge in [0, 0.05) is 32.5 Å². The first kappa shape index (κ1) is 19.7. The molecule has 0 saturated heterocycles. The molecule has 0 bridgehead atoms. The van der Waals surface area contributed by atoms with Crippen molar-refractivity contribution in [2.75, 3.05) is 20.3 Å². The Balaban J connectivity index is 1.87. The monoisotopic (exact) mass is 358 g/mol. The molecule has 0 saturated carbocycles. The molecule has 0 atom stereocenters. The highest BCUT2D eigenvalue weighted by Gasteiger charge is 2.07. The van der Waals surface area contributed by atoms with E-state index in [0.717, 1.165) is 17.7 Å². The molecule has 1 heterocycles. The van der Waals surface area contributed by atoms with Gasteiger partial charge in [-0.25, -0.2) is 0 Å². The van der Waals surface area contributed by atoms with Gasteiger partial charge in [0.05, 0.1) is 18.3 Å². The Hall–Kier alpha value is -2.60. The van der Waals surface area contributed by atoms with Crippen molar-refractivity contribution in [2.24, 2.45) is 0 Å². The zero-order valence-electron chi connectivity index (χ0n) is 15.5. The zero-order valence-corrected chi connectivity index (χ0v) is 15.5. The van der Waals surface area contributed by atoms with Crippen LogP contribution in [0.15, 0.2) is 47.4 Å². The number of hydrogen-bond acceptors (Lipinski definition) is 4. The SMILES string of the molecule is COCCn1cc(C(=O)NCCc2ccc(OC(C)C)cc2)ccc1=O. The van der Waals surface area contributed by atoms with Crippen LogP contribution >= 0.6 is 0 Å². The van der Waals surface area contributed by atoms with E-state index in [1.54, 1.807) is 19.4 Å². The smallest absolute Gasteiger partial charge is 0.252 e. The summed E-state index contributed by atoms with van der Waals surface area (Å²) in [6, 6.07) is 10.8. The number of carbonyl (C=O) groups is 1. The molecule has 1 amide bonds. The van der Waals surface area contributed by atoms with E-state index in [9.17, 15) is 9.59 Å². The molecule has 1 N–H and O–H groups in total. The van der Waals surface area contributed by atoms with Gasteiger partial charge in [0.2, 0.25) is 0 Å². The van der Waals surface area contributed by atoms with Crippen molar-refractivity contribution in [3.8, 4) is 5.75 Å². The average Bonchev–Trinajstić information content (AvgIpc) is 2.62. The molecule has 2 rings (SSSR count). The summed E-state index contributed by atoms with van der Waals surface area (Å²) in [5.74, 6) is 0.641. The number of pyridine rings is 1. The summed E-state index contributed by atoms with van der Waals surface area (Å²) in [5.41, 5.74) is 1.43. The van der Waals surface area contributed by atoms with Crippen LogP contribution in [0.1, 0.15) is 29.8 Å². The first-order chi connectivity index (χ1) is 12.5. The van der Waals surface area contributed by atoms with Crippen molar-refractivity contribution in [1.82, 2.24) is 9.88 Å². The third-order valence-corrected chi connectivity index (χ3v) is 3.78. The fourth-order valence-electron chi connectivity index (χ4n) is 2.46. The Kier molecular flexibility index (Phi) is 7.41. The lowest BCUT2D eigenvalue weighted by Gasteiger charge is -2.11. The molecule has 0 spiro atoms. The van der Waals surface area contributed by atoms with Crippen LogP contribution in [0.2, 0.25) is 0 Å². The minimum Gasteiger partial charge on any atom is -0.491 e. The number of aromatic nitrogens is 1. The van der Waals surface area contributed by atoms with E-state index in [-0.39, 0.29) is 17.6 Å². The van der Waals surface area contributed by atoms with E-state index < -0.39 is 0 Å². The van der Waals surface area contributed by atoms with Crippen molar-refractivity contribution in [1.29, 1.82) is 0 Å². The Morgan fingerprint density at radius 1 is 1.15 bits per heavy atom. The van der Waals surface area contributed by atoms with Crippen molar-refractivity contribution in [3.05, 3.63) is 64.1 Å². The van der Waals surface area contributed by atoms with Crippen LogP contribution in [-0.2, 0) is 17.7 Å². The van der Waals surface area contributed by atoms with E-state index in [2.05, 4.69) is 5.32 Å². The van der Waals surface area contributed by atoms with Gasteiger partial charge in [0.15, 0.2) is 0 Å². The molecular formula is C20H26N2O4. The lowest BCUT2D eigenvalue weighted by Crippen LogP contribution is -2.28. The topological polar surface area (TPSA) is 69.6 Å². The van der Waals surface area contributed by atoms with E-state index in [4.69, 9.17) is 9.47 Å². The van der Waals surface area contributed by atoms with Crippen molar-refractivity contribution in [2.45, 2.75) is 32.9 Å². The van der Waals surface area contributed by atoms with Crippen LogP contribution in [0.3, 0.4) is 0 Å². The van der Waals surface area contributed by atoms with E-state index in [0.29, 0.717) is 25.3 Å². The van der Waals surface area contributed by atoms with Crippen molar-refractivity contribution in [3.63, 3.8) is 0 Å². The maximum atomic E-state index is 12.3. The predicted molar refractivity (Wildman–Crippen MR) is 101 cm³/mol. The molecule has 26 heavy (non-hydrogen) atoms. The first-order valence-corrected chi connectivity index (χ1v) is 8.73. The Morgan fingerprint density at radius 2 is 1.88 bits per heavy atom. The standard InChI is InChI=1S/C20H26N2O4/c1-15(2)26-18-7-4-16(5-8-18)10-11-21-20(24)17-6-9-19(23)22(14-17)12-13-25-3/h4-9,14-15H,10-13H2,1-3H3,(H,21,24). The highest BCUT2D eigenvalue weighted by atomic mass is 16.5. The number of nitrogens with zero attached hydrogens (tertiary/aromatic N) is 1. The number of amides is 1. The molecule has 2 aromatic rings. The Bertz CT molecular complexity index is 766. The molecular weight excluding hydrogens is 332 g/mol. The summed E-state index contributed by atoms with van der Waals surface area (Å²) in [6.45, 7) is 5.33. The molecule has 0 aliphatic rings. The number of ether oxygens (including phenoxy) is 2. The first-order valence-electron chi connectivity index (χ1n) is 8.73. The van der Waals surface area contributed by atoms with Gasteiger partial charge in [-0.2, -0.15) is 0 Å². The summed E-state index contributed by atoms with van der Waals surface area (Å²) >= 11 is 0. The fraction of sp³-hybridized carbons (Fsp3) is 0.400. The largest absolute Gasteiger partial charge is 0.491 e. The number of hydrogen-bond donors (Lipinski definition) is 1. The molecule has 140 valence electrons. The van der Waals surface area contributed by atoms with Gasteiger partial charge in [-0.3, -0.25) is 9.59 Å². The van der Waals surface area contributed by atoms with Gasteiger partial charge in [0.25, 0.3) is 11.5 Å². The second-order valence-electron chi connectivity index (χ2n) is 6.26. The Morgan fingerprint density at radius 3 is 2.54 bits per heavy atom. The molecule has 0 unspecified atom stereocenters. The maximum absolute atomic E-state index is 12.3. The molecule has 6 nitrogen and oxygen atoms in total. The van der Waals surface area contributed by atoms with E-state index in [1.165, 1.54) is 10.6 Å². The summed E-state index contributed by atoms with van der Waals surface area (Å²) in [6.07, 6.45) is 2.43. The molecule has 0 radical (unpaired) electrons. The van der Waals surface area contributed by atoms with Gasteiger partial charge < -0.3 is 19.4 Å². The second-order valence-corrected chi connectivity index (χ2v) is 6.26. The third-order valence-electron chi connectivity index (χ3n) is 3.78. The summed E-state index contributed by atoms with van der Waals surface area (Å²) in [7, 11) is 1.57. The number of rotatable bonds is 9. The normalized spacial score (nSPS) is 10.8. The lowest BCUT2D eigenvalue weighted by molar-refractivity contribution is 0.0953. The average molecular weight is 358 g/mol. The van der Waals surface area contributed by atoms with Gasteiger partial charge in [-0.05, 0) is 44.0 Å². The number of nitrogens with one attached hydrogen (secondary N) is 1. The minimum atomic E-state index is -0.198. The molecule has 0 fully saturated rings. The summed E-state index contributed by atoms with van der Waals surface area (Å²) < 4.78 is 12.1. The van der Waals surface area contributed by atoms with Crippen LogP contribution in [0.4, 0.5) is 0 Å². The second kappa shape index (κ2) is 9.77. The van der Waals surface area contributed by atoms with E-state index >= 15 is 0 Å². The van der Waals surface area contributed by atoms with Gasteiger partial charge in [0.1, 0.15) is 5.75 Å². The Labute approximate surface area is 153 Å². The number of methoxy groups -OCH3 is 1. The van der Waals surface area contributed by atoms with Gasteiger partial charge in [-0.15, -0.1) is 0 Å². The van der Waals surface area contributed by atoms with Crippen molar-refractivity contribution >= 4 is 5.91 Å². The quantitative estimate of drug-likeness (QED) is 0.746. The van der Waals surface area contributed by atoms with Crippen molar-refractivity contribution < 1.29 is 14.3 Å². The summed E-state index contributed by atoms with van der Waals surface area (Å²) in [4.78, 5) is 24.0. The highest BCUT2D eigenvalue weighted by Crippen LogP contribution is 2.14. The molecule has 0 aliphatic heterocycles. The van der Waals surface area contributed by atoms with Crippen LogP contribution in [-0.4, -0.2) is 36.8 Å². The van der Waals surface area contributed by atoms with Crippen LogP contribution in [0, 0.1) is 0 Å². The molecule has 1 aromatic carbocycles. The highest BCUT2D eigenvalue weighted by molar-refractivity contribution is 5.93. The lowest BCUT2D eigenvalue weighted by atomic mass is 10.1. The van der Waals surface area contributed by atoms with Gasteiger partial charge in [-0.1, -0.05) is 12.1 Å². The third kappa shape index (κ3) is 6.04. The molecule has 0 aliphatic carbocycles. The van der Waals surface area contributed by atoms with E-state index in [1.807, 2.05) is 38.1 Å². The maximum Gasteiger partial charge on any atom is 0.252 e. The van der Waals surface area contributed by atoms with Gasteiger partial charge >= 0.3 is 0 Å². The van der Waals surface area contributed by atoms with Crippen LogP contribution in [0.25, 0.3) is 0 Å². The molecule has 6 heteroatoms.